The molecular weight excluding hydrogens is 342 g/mol. The van der Waals surface area contributed by atoms with Crippen LogP contribution in [0.2, 0.25) is 0 Å². The molecule has 0 unspecified atom stereocenters. The number of fused-ring (bicyclic) bond motifs is 3. The van der Waals surface area contributed by atoms with E-state index < -0.39 is 5.41 Å². The fraction of sp³-hybridized carbons (Fsp3) is 0.0400. The number of hydrogen-bond donors (Lipinski definition) is 3. The van der Waals surface area contributed by atoms with E-state index in [0.717, 1.165) is 28.2 Å². The van der Waals surface area contributed by atoms with Crippen molar-refractivity contribution in [2.75, 3.05) is 17.2 Å². The lowest BCUT2D eigenvalue weighted by atomic mass is 9.67. The van der Waals surface area contributed by atoms with Crippen LogP contribution in [0.25, 0.3) is 11.1 Å². The molecule has 0 saturated heterocycles. The summed E-state index contributed by atoms with van der Waals surface area (Å²) in [4.78, 5) is 0. The van der Waals surface area contributed by atoms with E-state index in [4.69, 9.17) is 17.2 Å². The zero-order chi connectivity index (χ0) is 19.3. The predicted molar refractivity (Wildman–Crippen MR) is 117 cm³/mol. The third-order valence-corrected chi connectivity index (χ3v) is 5.76. The van der Waals surface area contributed by atoms with Crippen molar-refractivity contribution in [3.63, 3.8) is 0 Å². The first kappa shape index (κ1) is 16.5. The van der Waals surface area contributed by atoms with Crippen LogP contribution in [-0.2, 0) is 5.41 Å². The second kappa shape index (κ2) is 5.89. The van der Waals surface area contributed by atoms with Gasteiger partial charge in [-0.05, 0) is 69.8 Å². The number of nitrogen functional groups attached to an aromatic ring is 3. The molecule has 0 radical (unpaired) electrons. The summed E-state index contributed by atoms with van der Waals surface area (Å²) < 4.78 is 0. The van der Waals surface area contributed by atoms with Crippen molar-refractivity contribution in [1.82, 2.24) is 0 Å². The molecule has 3 heteroatoms. The van der Waals surface area contributed by atoms with Crippen molar-refractivity contribution in [3.8, 4) is 11.1 Å². The van der Waals surface area contributed by atoms with Gasteiger partial charge in [0, 0.05) is 17.1 Å². The Morgan fingerprint density at radius 3 is 1.57 bits per heavy atom. The van der Waals surface area contributed by atoms with Gasteiger partial charge in [0.25, 0.3) is 0 Å². The largest absolute Gasteiger partial charge is 0.399 e. The number of benzene rings is 4. The average Bonchev–Trinajstić information content (AvgIpc) is 3.00. The maximum atomic E-state index is 6.25. The number of nitrogens with two attached hydrogens (primary N) is 3. The molecule has 4 aromatic rings. The van der Waals surface area contributed by atoms with E-state index in [-0.39, 0.29) is 0 Å². The standard InChI is InChI=1S/C25H21N3/c26-18-9-5-16(6-10-18)25(17-7-11-19(27)12-8-17)23-4-2-1-3-21(23)22-14-13-20(28)15-24(22)25/h1-15H,26-28H2. The van der Waals surface area contributed by atoms with Crippen LogP contribution in [0.5, 0.6) is 0 Å². The molecule has 136 valence electrons. The molecule has 0 heterocycles. The zero-order valence-electron chi connectivity index (χ0n) is 15.4. The van der Waals surface area contributed by atoms with Gasteiger partial charge in [0.2, 0.25) is 0 Å². The summed E-state index contributed by atoms with van der Waals surface area (Å²) in [5.74, 6) is 0. The van der Waals surface area contributed by atoms with Gasteiger partial charge in [-0.25, -0.2) is 0 Å². The van der Waals surface area contributed by atoms with Crippen LogP contribution >= 0.6 is 0 Å². The van der Waals surface area contributed by atoms with E-state index in [2.05, 4.69) is 60.7 Å². The molecule has 28 heavy (non-hydrogen) atoms. The normalized spacial score (nSPS) is 13.7. The summed E-state index contributed by atoms with van der Waals surface area (Å²) in [5, 5.41) is 0. The molecule has 0 spiro atoms. The van der Waals surface area contributed by atoms with Crippen molar-refractivity contribution in [3.05, 3.63) is 113 Å². The fourth-order valence-electron chi connectivity index (χ4n) is 4.55. The third-order valence-electron chi connectivity index (χ3n) is 5.76. The molecule has 6 N–H and O–H groups in total. The van der Waals surface area contributed by atoms with E-state index >= 15 is 0 Å². The molecule has 3 nitrogen and oxygen atoms in total. The molecule has 0 atom stereocenters. The Kier molecular flexibility index (Phi) is 3.46. The average molecular weight is 363 g/mol. The first-order valence-electron chi connectivity index (χ1n) is 9.32. The first-order chi connectivity index (χ1) is 13.6. The summed E-state index contributed by atoms with van der Waals surface area (Å²) in [6.45, 7) is 0. The lowest BCUT2D eigenvalue weighted by Gasteiger charge is -2.34. The van der Waals surface area contributed by atoms with Crippen molar-refractivity contribution in [2.24, 2.45) is 0 Å². The van der Waals surface area contributed by atoms with Gasteiger partial charge in [-0.3, -0.25) is 0 Å². The Balaban J connectivity index is 1.96. The highest BCUT2D eigenvalue weighted by molar-refractivity contribution is 5.87. The minimum absolute atomic E-state index is 0.470. The summed E-state index contributed by atoms with van der Waals surface area (Å²) in [6, 6.07) is 31.0. The second-order valence-corrected chi connectivity index (χ2v) is 7.34. The quantitative estimate of drug-likeness (QED) is 0.394. The predicted octanol–water partition coefficient (Wildman–Crippen LogP) is 4.80. The van der Waals surface area contributed by atoms with Gasteiger partial charge in [0.05, 0.1) is 5.41 Å². The fourth-order valence-corrected chi connectivity index (χ4v) is 4.55. The molecule has 0 bridgehead atoms. The summed E-state index contributed by atoms with van der Waals surface area (Å²) in [7, 11) is 0. The molecule has 1 aliphatic carbocycles. The van der Waals surface area contributed by atoms with Crippen LogP contribution in [-0.4, -0.2) is 0 Å². The maximum Gasteiger partial charge on any atom is 0.0714 e. The zero-order valence-corrected chi connectivity index (χ0v) is 15.4. The number of rotatable bonds is 2. The molecule has 4 aromatic carbocycles. The Morgan fingerprint density at radius 1 is 0.464 bits per heavy atom. The minimum Gasteiger partial charge on any atom is -0.399 e. The van der Waals surface area contributed by atoms with E-state index in [1.165, 1.54) is 22.3 Å². The highest BCUT2D eigenvalue weighted by Crippen LogP contribution is 2.56. The van der Waals surface area contributed by atoms with Gasteiger partial charge in [0.15, 0.2) is 0 Å². The van der Waals surface area contributed by atoms with Crippen LogP contribution in [0.4, 0.5) is 17.1 Å². The smallest absolute Gasteiger partial charge is 0.0714 e. The van der Waals surface area contributed by atoms with Crippen LogP contribution in [0.1, 0.15) is 22.3 Å². The molecule has 0 aliphatic heterocycles. The molecular formula is C25H21N3. The highest BCUT2D eigenvalue weighted by Gasteiger charge is 2.46. The van der Waals surface area contributed by atoms with Crippen LogP contribution in [0.15, 0.2) is 91.0 Å². The molecule has 5 rings (SSSR count). The third kappa shape index (κ3) is 2.16. The van der Waals surface area contributed by atoms with Crippen LogP contribution in [0.3, 0.4) is 0 Å². The van der Waals surface area contributed by atoms with Gasteiger partial charge in [-0.1, -0.05) is 54.6 Å². The molecule has 0 amide bonds. The van der Waals surface area contributed by atoms with Gasteiger partial charge < -0.3 is 17.2 Å². The van der Waals surface area contributed by atoms with E-state index in [1.54, 1.807) is 0 Å². The summed E-state index contributed by atoms with van der Waals surface area (Å²) in [6.07, 6.45) is 0. The molecule has 0 fully saturated rings. The lowest BCUT2D eigenvalue weighted by molar-refractivity contribution is 0.769. The Morgan fingerprint density at radius 2 is 0.964 bits per heavy atom. The lowest BCUT2D eigenvalue weighted by Crippen LogP contribution is -2.28. The van der Waals surface area contributed by atoms with Crippen molar-refractivity contribution < 1.29 is 0 Å². The minimum atomic E-state index is -0.470. The Hall–Kier alpha value is -3.72. The van der Waals surface area contributed by atoms with Gasteiger partial charge in [0.1, 0.15) is 0 Å². The molecule has 0 aromatic heterocycles. The van der Waals surface area contributed by atoms with Crippen molar-refractivity contribution >= 4 is 17.1 Å². The Labute approximate surface area is 164 Å². The van der Waals surface area contributed by atoms with Crippen LogP contribution in [0, 0.1) is 0 Å². The van der Waals surface area contributed by atoms with E-state index in [0.29, 0.717) is 0 Å². The summed E-state index contributed by atoms with van der Waals surface area (Å²) >= 11 is 0. The van der Waals surface area contributed by atoms with E-state index in [9.17, 15) is 0 Å². The highest BCUT2D eigenvalue weighted by atomic mass is 14.6. The van der Waals surface area contributed by atoms with E-state index in [1.807, 2.05) is 30.3 Å². The summed E-state index contributed by atoms with van der Waals surface area (Å²) in [5.41, 5.74) is 27.2. The second-order valence-electron chi connectivity index (χ2n) is 7.34. The number of hydrogen-bond acceptors (Lipinski definition) is 3. The monoisotopic (exact) mass is 363 g/mol. The Bertz CT molecular complexity index is 1130. The topological polar surface area (TPSA) is 78.1 Å². The SMILES string of the molecule is Nc1ccc(C2(c3ccc(N)cc3)c3ccccc3-c3ccc(N)cc32)cc1. The first-order valence-corrected chi connectivity index (χ1v) is 9.32. The molecule has 1 aliphatic rings. The molecule has 0 saturated carbocycles. The number of anilines is 3. The van der Waals surface area contributed by atoms with Crippen LogP contribution < -0.4 is 17.2 Å². The van der Waals surface area contributed by atoms with Crippen molar-refractivity contribution in [1.29, 1.82) is 0 Å². The maximum absolute atomic E-state index is 6.25. The van der Waals surface area contributed by atoms with Crippen molar-refractivity contribution in [2.45, 2.75) is 5.41 Å². The van der Waals surface area contributed by atoms with Gasteiger partial charge in [-0.15, -0.1) is 0 Å². The van der Waals surface area contributed by atoms with Gasteiger partial charge >= 0.3 is 0 Å². The van der Waals surface area contributed by atoms with Gasteiger partial charge in [-0.2, -0.15) is 0 Å².